The van der Waals surface area contributed by atoms with Gasteiger partial charge in [0.1, 0.15) is 29.6 Å². The second-order valence-corrected chi connectivity index (χ2v) is 18.0. The lowest BCUT2D eigenvalue weighted by atomic mass is 10.1. The van der Waals surface area contributed by atoms with Gasteiger partial charge in [0, 0.05) is 36.7 Å². The molecule has 69 heavy (non-hydrogen) atoms. The summed E-state index contributed by atoms with van der Waals surface area (Å²) in [4.78, 5) is 72.7. The number of carbonyl (C=O) groups is 4. The molecule has 21 heteroatoms. The van der Waals surface area contributed by atoms with Crippen molar-refractivity contribution in [2.75, 3.05) is 42.4 Å². The molecule has 6 rings (SSSR count). The number of primary amides is 1. The van der Waals surface area contributed by atoms with Gasteiger partial charge in [0.05, 0.1) is 41.6 Å². The van der Waals surface area contributed by atoms with E-state index in [1.54, 1.807) is 30.5 Å². The number of para-hydroxylation sites is 1. The van der Waals surface area contributed by atoms with Crippen LogP contribution in [-0.2, 0) is 43.3 Å². The molecule has 10 N–H and O–H groups in total. The summed E-state index contributed by atoms with van der Waals surface area (Å²) in [5.74, 6) is 0.432. The summed E-state index contributed by atoms with van der Waals surface area (Å²) in [6, 6.07) is 13.8. The van der Waals surface area contributed by atoms with Crippen molar-refractivity contribution < 1.29 is 38.5 Å². The largest absolute Gasteiger partial charge is 0.508 e. The first-order valence-corrected chi connectivity index (χ1v) is 22.7. The SMILES string of the molecule is CCCC(NC(=O)c1ccc(N(C)Cc2cnc3nc(N)nc(N)c3n2)cc1)C(=O)O.CCCCc1nc2c(N)nc3ccccc3c2n1CC(C)(C)OC(=O)OCC(C)(C)OCC(C)C.NC=O. The molecule has 0 bridgehead atoms. The average molecular weight is 954 g/mol. The lowest BCUT2D eigenvalue weighted by molar-refractivity contribution is -0.139. The standard InChI is InChI=1S/C27H40N4O4.C20H24N8O3.CH3NO/c1-8-9-14-21-30-22-23(19-12-10-11-13-20(19)29-24(22)28)31(21)16-26(4,5)35-25(32)33-17-27(6,7)34-15-18(2)3;1-3-4-14(19(30)31)25-18(29)11-5-7-13(8-6-11)28(2)10-12-9-23-17-15(24-12)16(21)26-20(22)27-17;2-1-3/h10-13,18H,8-9,14-17H2,1-7H3,(H2,28,29);5-9,14H,3-4,10H2,1-2H3,(H,25,29)(H,30,31)(H4,21,22,23,26,27);1H,(H2,2,3). The molecule has 4 heterocycles. The molecule has 0 radical (unpaired) electrons. The van der Waals surface area contributed by atoms with Crippen molar-refractivity contribution in [3.8, 4) is 0 Å². The normalized spacial score (nSPS) is 11.9. The molecule has 0 aliphatic heterocycles. The number of hydrogen-bond donors (Lipinski definition) is 6. The molecule has 0 aliphatic rings. The minimum Gasteiger partial charge on any atom is -0.480 e. The molecule has 2 aromatic carbocycles. The zero-order valence-corrected chi connectivity index (χ0v) is 41.0. The molecule has 21 nitrogen and oxygen atoms in total. The molecule has 0 aliphatic carbocycles. The summed E-state index contributed by atoms with van der Waals surface area (Å²) < 4.78 is 19.2. The average Bonchev–Trinajstić information content (AvgIpc) is 3.65. The highest BCUT2D eigenvalue weighted by molar-refractivity contribution is 6.06. The highest BCUT2D eigenvalue weighted by Gasteiger charge is 2.30. The van der Waals surface area contributed by atoms with E-state index in [9.17, 15) is 19.5 Å². The van der Waals surface area contributed by atoms with Gasteiger partial charge in [-0.3, -0.25) is 9.59 Å². The van der Waals surface area contributed by atoms with Gasteiger partial charge >= 0.3 is 12.1 Å². The number of ether oxygens (including phenoxy) is 3. The summed E-state index contributed by atoms with van der Waals surface area (Å²) in [6.07, 6.45) is 4.97. The van der Waals surface area contributed by atoms with E-state index in [-0.39, 0.29) is 24.8 Å². The van der Waals surface area contributed by atoms with Crippen LogP contribution in [0, 0.1) is 5.92 Å². The third-order valence-electron chi connectivity index (χ3n) is 10.3. The van der Waals surface area contributed by atoms with Crippen LogP contribution in [0.1, 0.15) is 103 Å². The number of pyridine rings is 1. The van der Waals surface area contributed by atoms with Crippen molar-refractivity contribution in [1.29, 1.82) is 0 Å². The number of nitrogens with zero attached hydrogens (tertiary/aromatic N) is 8. The molecule has 4 aromatic heterocycles. The number of benzene rings is 2. The number of carboxylic acids is 1. The Hall–Kier alpha value is -7.42. The maximum atomic E-state index is 12.6. The Bertz CT molecular complexity index is 2690. The Morgan fingerprint density at radius 2 is 1.57 bits per heavy atom. The summed E-state index contributed by atoms with van der Waals surface area (Å²) in [6.45, 7) is 17.2. The van der Waals surface area contributed by atoms with Gasteiger partial charge in [0.25, 0.3) is 5.91 Å². The van der Waals surface area contributed by atoms with Crippen LogP contribution < -0.4 is 33.2 Å². The Balaban J connectivity index is 0.000000286. The van der Waals surface area contributed by atoms with Gasteiger partial charge in [0.15, 0.2) is 22.8 Å². The van der Waals surface area contributed by atoms with Gasteiger partial charge in [-0.1, -0.05) is 58.7 Å². The Labute approximate surface area is 401 Å². The summed E-state index contributed by atoms with van der Waals surface area (Å²) in [5.41, 5.74) is 25.4. The van der Waals surface area contributed by atoms with Crippen molar-refractivity contribution in [1.82, 2.24) is 39.8 Å². The van der Waals surface area contributed by atoms with E-state index in [1.165, 1.54) is 0 Å². The van der Waals surface area contributed by atoms with Gasteiger partial charge in [-0.25, -0.2) is 29.5 Å². The number of aryl methyl sites for hydroxylation is 1. The van der Waals surface area contributed by atoms with Gasteiger partial charge in [-0.15, -0.1) is 0 Å². The molecular weight excluding hydrogens is 887 g/mol. The van der Waals surface area contributed by atoms with Gasteiger partial charge < -0.3 is 57.0 Å². The zero-order chi connectivity index (χ0) is 51.1. The van der Waals surface area contributed by atoms with Crippen molar-refractivity contribution in [2.45, 2.75) is 118 Å². The predicted octanol–water partition coefficient (Wildman–Crippen LogP) is 6.20. The van der Waals surface area contributed by atoms with Crippen LogP contribution in [0.3, 0.4) is 0 Å². The number of carboxylic acid groups (broad SMARTS) is 1. The van der Waals surface area contributed by atoms with Gasteiger partial charge in [-0.2, -0.15) is 9.97 Å². The van der Waals surface area contributed by atoms with Crippen molar-refractivity contribution in [2.24, 2.45) is 11.7 Å². The van der Waals surface area contributed by atoms with Crippen LogP contribution in [0.25, 0.3) is 33.1 Å². The number of aromatic nitrogens is 7. The number of rotatable bonds is 19. The summed E-state index contributed by atoms with van der Waals surface area (Å²) in [7, 11) is 1.87. The van der Waals surface area contributed by atoms with Crippen LogP contribution in [0.2, 0.25) is 0 Å². The van der Waals surface area contributed by atoms with Crippen LogP contribution >= 0.6 is 0 Å². The van der Waals surface area contributed by atoms with Crippen LogP contribution in [-0.4, -0.2) is 102 Å². The smallest absolute Gasteiger partial charge is 0.480 e. The first-order chi connectivity index (χ1) is 32.6. The van der Waals surface area contributed by atoms with E-state index < -0.39 is 35.3 Å². The number of aliphatic carboxylic acids is 1. The predicted molar refractivity (Wildman–Crippen MR) is 266 cm³/mol. The third kappa shape index (κ3) is 15.6. The quantitative estimate of drug-likeness (QED) is 0.0389. The fourth-order valence-electron chi connectivity index (χ4n) is 6.98. The molecule has 0 fully saturated rings. The molecule has 0 saturated heterocycles. The molecule has 6 aromatic rings. The minimum absolute atomic E-state index is 0.0395. The number of imidazole rings is 1. The molecule has 1 atom stereocenters. The number of anilines is 4. The topological polar surface area (TPSA) is 318 Å². The van der Waals surface area contributed by atoms with Gasteiger partial charge in [-0.05, 0) is 76.8 Å². The van der Waals surface area contributed by atoms with Crippen LogP contribution in [0.15, 0.2) is 54.7 Å². The molecule has 1 unspecified atom stereocenters. The first-order valence-electron chi connectivity index (χ1n) is 22.7. The monoisotopic (exact) mass is 954 g/mol. The number of nitrogens with one attached hydrogen (secondary N) is 1. The number of fused-ring (bicyclic) bond motifs is 4. The maximum Gasteiger partial charge on any atom is 0.508 e. The molecule has 0 saturated carbocycles. The number of carbonyl (C=O) groups excluding carboxylic acids is 3. The molecule has 372 valence electrons. The van der Waals surface area contributed by atoms with Crippen LogP contribution in [0.5, 0.6) is 0 Å². The van der Waals surface area contributed by atoms with Crippen LogP contribution in [0.4, 0.5) is 28.1 Å². The zero-order valence-electron chi connectivity index (χ0n) is 41.0. The number of unbranched alkanes of at least 4 members (excludes halogenated alkanes) is 1. The highest BCUT2D eigenvalue weighted by atomic mass is 16.7. The summed E-state index contributed by atoms with van der Waals surface area (Å²) in [5, 5.41) is 12.7. The van der Waals surface area contributed by atoms with Crippen molar-refractivity contribution in [3.63, 3.8) is 0 Å². The second kappa shape index (κ2) is 24.6. The van der Waals surface area contributed by atoms with E-state index in [0.717, 1.165) is 47.2 Å². The fraction of sp³-hybridized carbons (Fsp3) is 0.458. The highest BCUT2D eigenvalue weighted by Crippen LogP contribution is 2.31. The molecule has 2 amide bonds. The fourth-order valence-corrected chi connectivity index (χ4v) is 6.98. The number of amides is 2. The van der Waals surface area contributed by atoms with E-state index in [0.29, 0.717) is 72.2 Å². The Kier molecular flexibility index (Phi) is 19.3. The lowest BCUT2D eigenvalue weighted by Crippen LogP contribution is -2.40. The third-order valence-corrected chi connectivity index (χ3v) is 10.3. The number of nitrogens with two attached hydrogens (primary N) is 4. The molecular formula is C48H67N13O8. The van der Waals surface area contributed by atoms with E-state index in [1.807, 2.05) is 70.8 Å². The Morgan fingerprint density at radius 3 is 2.20 bits per heavy atom. The van der Waals surface area contributed by atoms with Crippen molar-refractivity contribution in [3.05, 3.63) is 71.8 Å². The van der Waals surface area contributed by atoms with Gasteiger partial charge in [0.2, 0.25) is 12.4 Å². The lowest BCUT2D eigenvalue weighted by Gasteiger charge is -2.29. The maximum absolute atomic E-state index is 12.6. The molecule has 0 spiro atoms. The van der Waals surface area contributed by atoms with E-state index in [2.05, 4.69) is 61.3 Å². The number of nitrogen functional groups attached to an aromatic ring is 3. The minimum atomic E-state index is -1.04. The van der Waals surface area contributed by atoms with E-state index >= 15 is 0 Å². The second-order valence-electron chi connectivity index (χ2n) is 18.0. The Morgan fingerprint density at radius 1 is 0.899 bits per heavy atom. The van der Waals surface area contributed by atoms with Crippen molar-refractivity contribution >= 4 is 80.8 Å². The summed E-state index contributed by atoms with van der Waals surface area (Å²) >= 11 is 0. The van der Waals surface area contributed by atoms with E-state index in [4.69, 9.17) is 41.2 Å². The number of hydrogen-bond acceptors (Lipinski definition) is 17. The first kappa shape index (κ1) is 54.2.